The van der Waals surface area contributed by atoms with Crippen molar-refractivity contribution in [3.8, 4) is 0 Å². The maximum absolute atomic E-state index is 12.9. The summed E-state index contributed by atoms with van der Waals surface area (Å²) in [5.74, 6) is -0.462. The van der Waals surface area contributed by atoms with Gasteiger partial charge in [-0.05, 0) is 41.5 Å². The topological polar surface area (TPSA) is 76.1 Å². The van der Waals surface area contributed by atoms with Crippen molar-refractivity contribution in [3.63, 3.8) is 0 Å². The normalized spacial score (nSPS) is 12.4. The van der Waals surface area contributed by atoms with Gasteiger partial charge in [-0.1, -0.05) is 41.9 Å². The number of rotatable bonds is 5. The van der Waals surface area contributed by atoms with Crippen LogP contribution >= 0.6 is 11.6 Å². The highest BCUT2D eigenvalue weighted by Gasteiger charge is 2.21. The van der Waals surface area contributed by atoms with Gasteiger partial charge in [0.25, 0.3) is 5.91 Å². The Kier molecular flexibility index (Phi) is 5.58. The number of benzene rings is 2. The summed E-state index contributed by atoms with van der Waals surface area (Å²) in [6.07, 6.45) is 4.38. The second-order valence-corrected chi connectivity index (χ2v) is 8.43. The predicted octanol–water partition coefficient (Wildman–Crippen LogP) is 3.66. The van der Waals surface area contributed by atoms with Gasteiger partial charge in [0.15, 0.2) is 9.84 Å². The summed E-state index contributed by atoms with van der Waals surface area (Å²) in [4.78, 5) is 16.9. The minimum absolute atomic E-state index is 0.0391. The molecule has 0 fully saturated rings. The largest absolute Gasteiger partial charge is 0.341 e. The Morgan fingerprint density at radius 1 is 1.00 bits per heavy atom. The van der Waals surface area contributed by atoms with Crippen molar-refractivity contribution in [3.05, 3.63) is 94.8 Å². The zero-order valence-electron chi connectivity index (χ0n) is 14.5. The molecule has 0 aliphatic carbocycles. The number of carbonyl (C=O) groups is 1. The average Bonchev–Trinajstić information content (AvgIpc) is 2.66. The lowest BCUT2D eigenvalue weighted by Gasteiger charge is -2.20. The summed E-state index contributed by atoms with van der Waals surface area (Å²) >= 11 is 6.15. The first-order valence-corrected chi connectivity index (χ1v) is 10.4. The number of amides is 1. The molecule has 1 heterocycles. The third-order valence-corrected chi connectivity index (χ3v) is 5.50. The molecule has 1 N–H and O–H groups in total. The summed E-state index contributed by atoms with van der Waals surface area (Å²) < 4.78 is 23.6. The van der Waals surface area contributed by atoms with Crippen molar-refractivity contribution in [1.82, 2.24) is 10.3 Å². The standard InChI is InChI=1S/C20H17ClN2O3S/c1-27(25,26)16-7-8-18(21)17(13-16)20(24)23-19(14-5-3-2-4-6-14)15-9-11-22-12-10-15/h2-13,19H,1H3,(H,23,24). The van der Waals surface area contributed by atoms with Crippen LogP contribution in [0.25, 0.3) is 0 Å². The first kappa shape index (κ1) is 19.1. The molecular weight excluding hydrogens is 384 g/mol. The van der Waals surface area contributed by atoms with Gasteiger partial charge >= 0.3 is 0 Å². The molecule has 0 saturated carbocycles. The zero-order chi connectivity index (χ0) is 19.4. The smallest absolute Gasteiger partial charge is 0.253 e. The van der Waals surface area contributed by atoms with Gasteiger partial charge in [-0.2, -0.15) is 0 Å². The zero-order valence-corrected chi connectivity index (χ0v) is 16.0. The summed E-state index contributed by atoms with van der Waals surface area (Å²) in [6, 6.07) is 16.7. The van der Waals surface area contributed by atoms with Crippen molar-refractivity contribution in [2.75, 3.05) is 6.26 Å². The fourth-order valence-electron chi connectivity index (χ4n) is 2.68. The van der Waals surface area contributed by atoms with Crippen molar-refractivity contribution < 1.29 is 13.2 Å². The van der Waals surface area contributed by atoms with Crippen molar-refractivity contribution in [2.24, 2.45) is 0 Å². The van der Waals surface area contributed by atoms with Gasteiger partial charge in [-0.3, -0.25) is 9.78 Å². The third kappa shape index (κ3) is 4.53. The van der Waals surface area contributed by atoms with E-state index in [1.165, 1.54) is 18.2 Å². The van der Waals surface area contributed by atoms with E-state index in [1.807, 2.05) is 42.5 Å². The van der Waals surface area contributed by atoms with Crippen LogP contribution in [0.4, 0.5) is 0 Å². The summed E-state index contributed by atoms with van der Waals surface area (Å²) in [5.41, 5.74) is 1.84. The van der Waals surface area contributed by atoms with Crippen LogP contribution in [0.15, 0.2) is 78.0 Å². The first-order valence-electron chi connectivity index (χ1n) is 8.11. The summed E-state index contributed by atoms with van der Waals surface area (Å²) in [5, 5.41) is 3.12. The molecule has 27 heavy (non-hydrogen) atoms. The van der Waals surface area contributed by atoms with Crippen LogP contribution in [-0.4, -0.2) is 25.6 Å². The third-order valence-electron chi connectivity index (χ3n) is 4.06. The van der Waals surface area contributed by atoms with E-state index in [2.05, 4.69) is 10.3 Å². The summed E-state index contributed by atoms with van der Waals surface area (Å²) in [7, 11) is -3.46. The minimum Gasteiger partial charge on any atom is -0.341 e. The van der Waals surface area contributed by atoms with E-state index in [1.54, 1.807) is 12.4 Å². The van der Waals surface area contributed by atoms with Crippen molar-refractivity contribution in [1.29, 1.82) is 0 Å². The number of pyridine rings is 1. The highest BCUT2D eigenvalue weighted by Crippen LogP contribution is 2.25. The highest BCUT2D eigenvalue weighted by molar-refractivity contribution is 7.90. The Hall–Kier alpha value is -2.70. The van der Waals surface area contributed by atoms with Crippen LogP contribution in [-0.2, 0) is 9.84 Å². The average molecular weight is 401 g/mol. The second kappa shape index (κ2) is 7.90. The van der Waals surface area contributed by atoms with Gasteiger partial charge in [0.05, 0.1) is 21.5 Å². The number of carbonyl (C=O) groups excluding carboxylic acids is 1. The maximum atomic E-state index is 12.9. The Labute approximate surface area is 163 Å². The summed E-state index contributed by atoms with van der Waals surface area (Å²) in [6.45, 7) is 0. The molecule has 2 aromatic carbocycles. The van der Waals surface area contributed by atoms with E-state index in [0.29, 0.717) is 0 Å². The quantitative estimate of drug-likeness (QED) is 0.709. The number of halogens is 1. The van der Waals surface area contributed by atoms with Crippen LogP contribution in [0.5, 0.6) is 0 Å². The van der Waals surface area contributed by atoms with Crippen LogP contribution in [0, 0.1) is 0 Å². The van der Waals surface area contributed by atoms with Crippen LogP contribution in [0.1, 0.15) is 27.5 Å². The molecule has 7 heteroatoms. The molecule has 138 valence electrons. The molecule has 0 saturated heterocycles. The predicted molar refractivity (Wildman–Crippen MR) is 105 cm³/mol. The molecule has 5 nitrogen and oxygen atoms in total. The van der Waals surface area contributed by atoms with E-state index in [-0.39, 0.29) is 15.5 Å². The van der Waals surface area contributed by atoms with Gasteiger partial charge in [0.2, 0.25) is 0 Å². The molecule has 0 radical (unpaired) electrons. The monoisotopic (exact) mass is 400 g/mol. The molecule has 1 amide bonds. The molecule has 1 atom stereocenters. The van der Waals surface area contributed by atoms with E-state index >= 15 is 0 Å². The number of sulfone groups is 1. The number of nitrogens with one attached hydrogen (secondary N) is 1. The van der Waals surface area contributed by atoms with Gasteiger partial charge in [0, 0.05) is 18.6 Å². The Bertz CT molecular complexity index is 1020. The number of hydrogen-bond acceptors (Lipinski definition) is 4. The number of aromatic nitrogens is 1. The fourth-order valence-corrected chi connectivity index (χ4v) is 3.53. The van der Waals surface area contributed by atoms with Crippen LogP contribution in [0.2, 0.25) is 5.02 Å². The molecular formula is C20H17ClN2O3S. The minimum atomic E-state index is -3.46. The fraction of sp³-hybridized carbons (Fsp3) is 0.100. The SMILES string of the molecule is CS(=O)(=O)c1ccc(Cl)c(C(=O)NC(c2ccccc2)c2ccncc2)c1. The van der Waals surface area contributed by atoms with Gasteiger partial charge in [-0.25, -0.2) is 8.42 Å². The van der Waals surface area contributed by atoms with E-state index in [0.717, 1.165) is 17.4 Å². The molecule has 0 spiro atoms. The molecule has 0 aliphatic heterocycles. The van der Waals surface area contributed by atoms with E-state index in [4.69, 9.17) is 11.6 Å². The first-order chi connectivity index (χ1) is 12.9. The van der Waals surface area contributed by atoms with Crippen LogP contribution < -0.4 is 5.32 Å². The second-order valence-electron chi connectivity index (χ2n) is 6.01. The lowest BCUT2D eigenvalue weighted by molar-refractivity contribution is 0.0943. The van der Waals surface area contributed by atoms with Gasteiger partial charge < -0.3 is 5.32 Å². The van der Waals surface area contributed by atoms with E-state index < -0.39 is 21.8 Å². The Balaban J connectivity index is 1.99. The van der Waals surface area contributed by atoms with Gasteiger partial charge in [-0.15, -0.1) is 0 Å². The highest BCUT2D eigenvalue weighted by atomic mass is 35.5. The molecule has 0 aliphatic rings. The molecule has 1 aromatic heterocycles. The lowest BCUT2D eigenvalue weighted by Crippen LogP contribution is -2.29. The van der Waals surface area contributed by atoms with Crippen molar-refractivity contribution >= 4 is 27.3 Å². The molecule has 1 unspecified atom stereocenters. The van der Waals surface area contributed by atoms with Crippen molar-refractivity contribution in [2.45, 2.75) is 10.9 Å². The molecule has 0 bridgehead atoms. The van der Waals surface area contributed by atoms with Gasteiger partial charge in [0.1, 0.15) is 0 Å². The number of nitrogens with zero attached hydrogens (tertiary/aromatic N) is 1. The molecule has 3 rings (SSSR count). The van der Waals surface area contributed by atoms with Crippen LogP contribution in [0.3, 0.4) is 0 Å². The lowest BCUT2D eigenvalue weighted by atomic mass is 9.99. The van der Waals surface area contributed by atoms with E-state index in [9.17, 15) is 13.2 Å². The Morgan fingerprint density at radius 2 is 1.63 bits per heavy atom. The molecule has 3 aromatic rings. The maximum Gasteiger partial charge on any atom is 0.253 e. The Morgan fingerprint density at radius 3 is 2.26 bits per heavy atom. The number of hydrogen-bond donors (Lipinski definition) is 1.